The summed E-state index contributed by atoms with van der Waals surface area (Å²) in [6, 6.07) is 19.1. The van der Waals surface area contributed by atoms with Crippen LogP contribution in [0.2, 0.25) is 0 Å². The van der Waals surface area contributed by atoms with Crippen LogP contribution in [0, 0.1) is 10.1 Å². The van der Waals surface area contributed by atoms with Crippen molar-refractivity contribution in [2.75, 3.05) is 10.6 Å². The molecule has 1 unspecified atom stereocenters. The number of non-ortho nitro benzene ring substituents is 1. The van der Waals surface area contributed by atoms with Crippen molar-refractivity contribution in [2.45, 2.75) is 24.0 Å². The smallest absolute Gasteiger partial charge is 0.269 e. The van der Waals surface area contributed by atoms with E-state index in [1.165, 1.54) is 43.0 Å². The maximum Gasteiger partial charge on any atom is 0.269 e. The second kappa shape index (κ2) is 10.6. The molecule has 3 rings (SSSR count). The summed E-state index contributed by atoms with van der Waals surface area (Å²) in [4.78, 5) is 47.3. The molecule has 0 spiro atoms. The number of benzene rings is 3. The lowest BCUT2D eigenvalue weighted by molar-refractivity contribution is -0.384. The number of nitrogens with one attached hydrogen (secondary N) is 2. The van der Waals surface area contributed by atoms with Gasteiger partial charge in [0.2, 0.25) is 5.91 Å². The van der Waals surface area contributed by atoms with Crippen LogP contribution in [0.1, 0.15) is 34.6 Å². The number of rotatable bonds is 8. The van der Waals surface area contributed by atoms with E-state index in [1.807, 2.05) is 6.07 Å². The molecule has 0 radical (unpaired) electrons. The Labute approximate surface area is 194 Å². The number of anilines is 2. The van der Waals surface area contributed by atoms with Crippen molar-refractivity contribution in [3.8, 4) is 0 Å². The molecule has 0 aromatic heterocycles. The quantitative estimate of drug-likeness (QED) is 0.206. The highest BCUT2D eigenvalue weighted by molar-refractivity contribution is 8.00. The minimum atomic E-state index is -0.527. The van der Waals surface area contributed by atoms with Gasteiger partial charge in [0.05, 0.1) is 10.2 Å². The van der Waals surface area contributed by atoms with Crippen molar-refractivity contribution in [1.29, 1.82) is 0 Å². The predicted molar refractivity (Wildman–Crippen MR) is 128 cm³/mol. The van der Waals surface area contributed by atoms with E-state index in [9.17, 15) is 24.5 Å². The third-order valence-corrected chi connectivity index (χ3v) is 5.77. The van der Waals surface area contributed by atoms with E-state index < -0.39 is 16.1 Å². The Morgan fingerprint density at radius 3 is 2.12 bits per heavy atom. The number of carbonyl (C=O) groups excluding carboxylic acids is 3. The van der Waals surface area contributed by atoms with Gasteiger partial charge in [0.1, 0.15) is 0 Å². The van der Waals surface area contributed by atoms with Crippen molar-refractivity contribution in [3.63, 3.8) is 0 Å². The summed E-state index contributed by atoms with van der Waals surface area (Å²) in [7, 11) is 0. The Kier molecular flexibility index (Phi) is 7.57. The predicted octanol–water partition coefficient (Wildman–Crippen LogP) is 5.17. The molecule has 0 bridgehead atoms. The lowest BCUT2D eigenvalue weighted by atomic mass is 10.1. The third kappa shape index (κ3) is 6.50. The standard InChI is InChI=1S/C24H21N3O5S/c1-15(28)17-6-10-19(11-7-17)25-23(29)16(2)33-22-5-3-4-20(14-22)26-24(30)18-8-12-21(13-9-18)27(31)32/h3-14,16H,1-2H3,(H,25,29)(H,26,30). The van der Waals surface area contributed by atoms with Crippen LogP contribution in [0.25, 0.3) is 0 Å². The topological polar surface area (TPSA) is 118 Å². The molecule has 33 heavy (non-hydrogen) atoms. The number of amides is 2. The molecule has 2 amide bonds. The summed E-state index contributed by atoms with van der Waals surface area (Å²) >= 11 is 1.33. The van der Waals surface area contributed by atoms with E-state index in [0.29, 0.717) is 22.5 Å². The SMILES string of the molecule is CC(=O)c1ccc(NC(=O)C(C)Sc2cccc(NC(=O)c3ccc([N+](=O)[O-])cc3)c2)cc1. The van der Waals surface area contributed by atoms with Crippen LogP contribution < -0.4 is 10.6 Å². The zero-order chi connectivity index (χ0) is 24.0. The Morgan fingerprint density at radius 2 is 1.52 bits per heavy atom. The zero-order valence-electron chi connectivity index (χ0n) is 17.9. The first kappa shape index (κ1) is 23.7. The van der Waals surface area contributed by atoms with E-state index in [4.69, 9.17) is 0 Å². The molecule has 3 aromatic rings. The van der Waals surface area contributed by atoms with Crippen LogP contribution in [0.15, 0.2) is 77.7 Å². The second-order valence-corrected chi connectivity index (χ2v) is 8.58. The molecule has 0 aliphatic rings. The average molecular weight is 464 g/mol. The van der Waals surface area contributed by atoms with E-state index in [-0.39, 0.29) is 17.4 Å². The van der Waals surface area contributed by atoms with Crippen molar-refractivity contribution in [1.82, 2.24) is 0 Å². The van der Waals surface area contributed by atoms with Gasteiger partial charge in [-0.15, -0.1) is 11.8 Å². The molecule has 0 heterocycles. The molecule has 2 N–H and O–H groups in total. The van der Waals surface area contributed by atoms with Crippen LogP contribution in [-0.4, -0.2) is 27.8 Å². The fourth-order valence-corrected chi connectivity index (χ4v) is 3.80. The number of Topliss-reactive ketones (excluding diaryl/α,β-unsaturated/α-hetero) is 1. The van der Waals surface area contributed by atoms with E-state index >= 15 is 0 Å². The average Bonchev–Trinajstić information content (AvgIpc) is 2.79. The van der Waals surface area contributed by atoms with Gasteiger partial charge in [-0.05, 0) is 68.4 Å². The fraction of sp³-hybridized carbons (Fsp3) is 0.125. The van der Waals surface area contributed by atoms with Crippen molar-refractivity contribution >= 4 is 46.4 Å². The lowest BCUT2D eigenvalue weighted by Crippen LogP contribution is -2.22. The molecule has 0 fully saturated rings. The second-order valence-electron chi connectivity index (χ2n) is 7.17. The summed E-state index contributed by atoms with van der Waals surface area (Å²) in [5, 5.41) is 15.9. The molecule has 0 aliphatic heterocycles. The van der Waals surface area contributed by atoms with Gasteiger partial charge in [-0.25, -0.2) is 0 Å². The summed E-state index contributed by atoms with van der Waals surface area (Å²) in [6.45, 7) is 3.25. The van der Waals surface area contributed by atoms with Gasteiger partial charge in [-0.2, -0.15) is 0 Å². The molecule has 3 aromatic carbocycles. The number of ketones is 1. The van der Waals surface area contributed by atoms with Crippen LogP contribution >= 0.6 is 11.8 Å². The van der Waals surface area contributed by atoms with Gasteiger partial charge in [-0.3, -0.25) is 24.5 Å². The number of hydrogen-bond acceptors (Lipinski definition) is 6. The molecule has 0 saturated heterocycles. The molecule has 0 aliphatic carbocycles. The normalized spacial score (nSPS) is 11.3. The van der Waals surface area contributed by atoms with Crippen molar-refractivity contribution in [2.24, 2.45) is 0 Å². The monoisotopic (exact) mass is 463 g/mol. The summed E-state index contributed by atoms with van der Waals surface area (Å²) in [5.41, 5.74) is 1.91. The Balaban J connectivity index is 1.60. The fourth-order valence-electron chi connectivity index (χ4n) is 2.87. The van der Waals surface area contributed by atoms with Crippen LogP contribution in [0.4, 0.5) is 17.1 Å². The maximum atomic E-state index is 12.5. The zero-order valence-corrected chi connectivity index (χ0v) is 18.7. The van der Waals surface area contributed by atoms with E-state index in [2.05, 4.69) is 10.6 Å². The third-order valence-electron chi connectivity index (χ3n) is 4.67. The minimum Gasteiger partial charge on any atom is -0.325 e. The van der Waals surface area contributed by atoms with Gasteiger partial charge in [0.25, 0.3) is 11.6 Å². The number of thioether (sulfide) groups is 1. The Bertz CT molecular complexity index is 1190. The number of hydrogen-bond donors (Lipinski definition) is 2. The highest BCUT2D eigenvalue weighted by Gasteiger charge is 2.16. The van der Waals surface area contributed by atoms with Crippen LogP contribution in [0.5, 0.6) is 0 Å². The first-order valence-corrected chi connectivity index (χ1v) is 10.9. The van der Waals surface area contributed by atoms with Gasteiger partial charge in [0, 0.05) is 39.5 Å². The van der Waals surface area contributed by atoms with E-state index in [0.717, 1.165) is 4.90 Å². The molecule has 8 nitrogen and oxygen atoms in total. The summed E-state index contributed by atoms with van der Waals surface area (Å²) < 4.78 is 0. The highest BCUT2D eigenvalue weighted by Crippen LogP contribution is 2.27. The number of carbonyl (C=O) groups is 3. The minimum absolute atomic E-state index is 0.0441. The van der Waals surface area contributed by atoms with Gasteiger partial charge < -0.3 is 10.6 Å². The maximum absolute atomic E-state index is 12.5. The summed E-state index contributed by atoms with van der Waals surface area (Å²) in [6.07, 6.45) is 0. The van der Waals surface area contributed by atoms with E-state index in [1.54, 1.807) is 49.4 Å². The molecule has 168 valence electrons. The summed E-state index contributed by atoms with van der Waals surface area (Å²) in [5.74, 6) is -0.639. The van der Waals surface area contributed by atoms with Crippen LogP contribution in [-0.2, 0) is 4.79 Å². The molecule has 1 atom stereocenters. The first-order valence-electron chi connectivity index (χ1n) is 9.97. The van der Waals surface area contributed by atoms with Gasteiger partial charge >= 0.3 is 0 Å². The Hall–Kier alpha value is -3.98. The number of nitro groups is 1. The van der Waals surface area contributed by atoms with Gasteiger partial charge in [-0.1, -0.05) is 6.07 Å². The number of nitro benzene ring substituents is 1. The van der Waals surface area contributed by atoms with Gasteiger partial charge in [0.15, 0.2) is 5.78 Å². The van der Waals surface area contributed by atoms with Crippen molar-refractivity contribution < 1.29 is 19.3 Å². The highest BCUT2D eigenvalue weighted by atomic mass is 32.2. The first-order chi connectivity index (χ1) is 15.7. The molecule has 0 saturated carbocycles. The van der Waals surface area contributed by atoms with Crippen LogP contribution in [0.3, 0.4) is 0 Å². The molecular weight excluding hydrogens is 442 g/mol. The molecule has 9 heteroatoms. The number of nitrogens with zero attached hydrogens (tertiary/aromatic N) is 1. The van der Waals surface area contributed by atoms with Crippen molar-refractivity contribution in [3.05, 3.63) is 94.0 Å². The Morgan fingerprint density at radius 1 is 0.879 bits per heavy atom. The largest absolute Gasteiger partial charge is 0.325 e. The molecular formula is C24H21N3O5S. The lowest BCUT2D eigenvalue weighted by Gasteiger charge is -2.13.